The molecule has 2 N–H and O–H groups in total. The molecule has 1 heterocycles. The summed E-state index contributed by atoms with van der Waals surface area (Å²) in [5.74, 6) is 0.164. The molecule has 0 bridgehead atoms. The fraction of sp³-hybridized carbons (Fsp3) is 0.355. The van der Waals surface area contributed by atoms with Gasteiger partial charge in [0.15, 0.2) is 0 Å². The lowest BCUT2D eigenvalue weighted by molar-refractivity contribution is -0.130. The zero-order valence-corrected chi connectivity index (χ0v) is 21.4. The highest BCUT2D eigenvalue weighted by Crippen LogP contribution is 2.28. The van der Waals surface area contributed by atoms with E-state index in [4.69, 9.17) is 4.74 Å². The van der Waals surface area contributed by atoms with E-state index in [-0.39, 0.29) is 23.7 Å². The molecule has 0 spiro atoms. The van der Waals surface area contributed by atoms with Gasteiger partial charge in [-0.1, -0.05) is 54.6 Å². The van der Waals surface area contributed by atoms with Crippen molar-refractivity contribution in [1.82, 2.24) is 10.2 Å². The van der Waals surface area contributed by atoms with Crippen molar-refractivity contribution in [3.05, 3.63) is 95.1 Å². The molecule has 0 aromatic heterocycles. The van der Waals surface area contributed by atoms with Gasteiger partial charge in [-0.3, -0.25) is 14.5 Å². The van der Waals surface area contributed by atoms with Crippen molar-refractivity contribution in [2.24, 2.45) is 11.8 Å². The summed E-state index contributed by atoms with van der Waals surface area (Å²) < 4.78 is 5.43. The van der Waals surface area contributed by atoms with Crippen molar-refractivity contribution in [3.8, 4) is 5.75 Å². The Labute approximate surface area is 219 Å². The van der Waals surface area contributed by atoms with Gasteiger partial charge in [0.05, 0.1) is 18.9 Å². The first-order chi connectivity index (χ1) is 18.1. The third kappa shape index (κ3) is 6.20. The largest absolute Gasteiger partial charge is 0.496 e. The number of nitrogens with zero attached hydrogens (tertiary/aromatic N) is 1. The molecule has 37 heavy (non-hydrogen) atoms. The van der Waals surface area contributed by atoms with Gasteiger partial charge >= 0.3 is 0 Å². The van der Waals surface area contributed by atoms with Crippen molar-refractivity contribution < 1.29 is 14.3 Å². The number of fused-ring (bicyclic) bond motifs is 1. The van der Waals surface area contributed by atoms with E-state index in [0.717, 1.165) is 29.8 Å². The third-order valence-electron chi connectivity index (χ3n) is 7.53. The molecule has 5 rings (SSSR count). The summed E-state index contributed by atoms with van der Waals surface area (Å²) in [6.45, 7) is 2.35. The highest BCUT2D eigenvalue weighted by molar-refractivity contribution is 5.93. The van der Waals surface area contributed by atoms with Gasteiger partial charge < -0.3 is 15.4 Å². The normalized spacial score (nSPS) is 19.2. The first-order valence-electron chi connectivity index (χ1n) is 13.2. The number of methoxy groups -OCH3 is 1. The average Bonchev–Trinajstić information content (AvgIpc) is 3.40. The van der Waals surface area contributed by atoms with Gasteiger partial charge in [-0.2, -0.15) is 0 Å². The Bertz CT molecular complexity index is 1240. The van der Waals surface area contributed by atoms with Crippen LogP contribution in [-0.4, -0.2) is 36.9 Å². The predicted octanol–water partition coefficient (Wildman–Crippen LogP) is 4.58. The molecule has 3 aromatic carbocycles. The Hall–Kier alpha value is -3.64. The Balaban J connectivity index is 1.28. The minimum absolute atomic E-state index is 0.0155. The van der Waals surface area contributed by atoms with Gasteiger partial charge in [0.2, 0.25) is 11.8 Å². The molecule has 2 aliphatic rings. The number of amides is 2. The summed E-state index contributed by atoms with van der Waals surface area (Å²) in [7, 11) is 1.63. The zero-order valence-electron chi connectivity index (χ0n) is 21.4. The zero-order chi connectivity index (χ0) is 25.6. The number of nitrogens with one attached hydrogen (secondary N) is 2. The number of hydrogen-bond acceptors (Lipinski definition) is 4. The third-order valence-corrected chi connectivity index (χ3v) is 7.53. The molecule has 2 atom stereocenters. The summed E-state index contributed by atoms with van der Waals surface area (Å²) in [6.07, 6.45) is 3.89. The first-order valence-corrected chi connectivity index (χ1v) is 13.2. The van der Waals surface area contributed by atoms with Crippen LogP contribution in [0.3, 0.4) is 0 Å². The number of rotatable bonds is 8. The van der Waals surface area contributed by atoms with Crippen LogP contribution in [0, 0.1) is 11.8 Å². The van der Waals surface area contributed by atoms with Crippen molar-refractivity contribution in [3.63, 3.8) is 0 Å². The average molecular weight is 498 g/mol. The molecule has 1 saturated heterocycles. The van der Waals surface area contributed by atoms with E-state index in [1.54, 1.807) is 7.11 Å². The number of benzene rings is 3. The standard InChI is InChI=1S/C31H35N3O3/c1-37-29-13-6-5-10-25(29)18-32-30(35)26-16-27(21-34(20-26)19-22-8-3-2-4-9-22)31(36)33-28-15-14-23-11-7-12-24(23)17-28/h2-6,8-10,13-15,17,26-27H,7,11-12,16,18-21H2,1H3,(H,32,35)(H,33,36)/t26-,27+/m0/s1. The molecule has 192 valence electrons. The molecule has 6 heteroatoms. The minimum Gasteiger partial charge on any atom is -0.496 e. The van der Waals surface area contributed by atoms with E-state index in [2.05, 4.69) is 39.8 Å². The smallest absolute Gasteiger partial charge is 0.228 e. The highest BCUT2D eigenvalue weighted by atomic mass is 16.5. The van der Waals surface area contributed by atoms with Crippen LogP contribution in [0.5, 0.6) is 5.75 Å². The molecular formula is C31H35N3O3. The van der Waals surface area contributed by atoms with Crippen molar-refractivity contribution in [1.29, 1.82) is 0 Å². The topological polar surface area (TPSA) is 70.7 Å². The van der Waals surface area contributed by atoms with Crippen molar-refractivity contribution >= 4 is 17.5 Å². The fourth-order valence-electron chi connectivity index (χ4n) is 5.61. The van der Waals surface area contributed by atoms with E-state index >= 15 is 0 Å². The van der Waals surface area contributed by atoms with Gasteiger partial charge in [-0.15, -0.1) is 0 Å². The number of hydrogen-bond donors (Lipinski definition) is 2. The number of carbonyl (C=O) groups excluding carboxylic acids is 2. The summed E-state index contributed by atoms with van der Waals surface area (Å²) in [5, 5.41) is 6.23. The molecule has 1 aliphatic carbocycles. The van der Waals surface area contributed by atoms with Crippen LogP contribution in [0.4, 0.5) is 5.69 Å². The summed E-state index contributed by atoms with van der Waals surface area (Å²) >= 11 is 0. The second-order valence-corrected chi connectivity index (χ2v) is 10.2. The molecule has 3 aromatic rings. The quantitative estimate of drug-likeness (QED) is 0.478. The second-order valence-electron chi connectivity index (χ2n) is 10.2. The van der Waals surface area contributed by atoms with E-state index in [0.29, 0.717) is 32.6 Å². The van der Waals surface area contributed by atoms with E-state index < -0.39 is 0 Å². The summed E-state index contributed by atoms with van der Waals surface area (Å²) in [5.41, 5.74) is 5.68. The number of carbonyl (C=O) groups is 2. The van der Waals surface area contributed by atoms with E-state index in [1.807, 2.05) is 48.5 Å². The van der Waals surface area contributed by atoms with Crippen molar-refractivity contribution in [2.75, 3.05) is 25.5 Å². The Kier molecular flexibility index (Phi) is 7.85. The molecule has 1 fully saturated rings. The number of aryl methyl sites for hydroxylation is 2. The van der Waals surface area contributed by atoms with Crippen LogP contribution in [0.25, 0.3) is 0 Å². The van der Waals surface area contributed by atoms with Gasteiger partial charge in [0.25, 0.3) is 0 Å². The number of para-hydroxylation sites is 1. The van der Waals surface area contributed by atoms with Crippen LogP contribution in [-0.2, 0) is 35.5 Å². The first kappa shape index (κ1) is 25.0. The maximum absolute atomic E-state index is 13.4. The van der Waals surface area contributed by atoms with Crippen LogP contribution in [0.1, 0.15) is 35.1 Å². The maximum Gasteiger partial charge on any atom is 0.228 e. The molecule has 6 nitrogen and oxygen atoms in total. The molecule has 0 unspecified atom stereocenters. The van der Waals surface area contributed by atoms with Gasteiger partial charge in [-0.05, 0) is 60.6 Å². The number of likely N-dealkylation sites (tertiary alicyclic amines) is 1. The Morgan fingerprint density at radius 3 is 2.43 bits per heavy atom. The minimum atomic E-state index is -0.275. The number of piperidine rings is 1. The van der Waals surface area contributed by atoms with E-state index in [1.165, 1.54) is 23.1 Å². The summed E-state index contributed by atoms with van der Waals surface area (Å²) in [4.78, 5) is 29.0. The Morgan fingerprint density at radius 2 is 1.62 bits per heavy atom. The lowest BCUT2D eigenvalue weighted by Crippen LogP contribution is -2.48. The van der Waals surface area contributed by atoms with Crippen molar-refractivity contribution in [2.45, 2.75) is 38.8 Å². The molecule has 1 aliphatic heterocycles. The SMILES string of the molecule is COc1ccccc1CNC(=O)[C@H]1C[C@@H](C(=O)Nc2ccc3c(c2)CCC3)CN(Cc2ccccc2)C1. The fourth-order valence-corrected chi connectivity index (χ4v) is 5.61. The van der Waals surface area contributed by atoms with Crippen LogP contribution in [0.15, 0.2) is 72.8 Å². The number of ether oxygens (including phenoxy) is 1. The maximum atomic E-state index is 13.4. The van der Waals surface area contributed by atoms with Gasteiger partial charge in [0, 0.05) is 37.4 Å². The Morgan fingerprint density at radius 1 is 0.892 bits per heavy atom. The molecule has 0 saturated carbocycles. The van der Waals surface area contributed by atoms with Crippen LogP contribution >= 0.6 is 0 Å². The lowest BCUT2D eigenvalue weighted by atomic mass is 9.87. The number of anilines is 1. The van der Waals surface area contributed by atoms with E-state index in [9.17, 15) is 9.59 Å². The second kappa shape index (κ2) is 11.6. The monoisotopic (exact) mass is 497 g/mol. The van der Waals surface area contributed by atoms with Crippen LogP contribution < -0.4 is 15.4 Å². The van der Waals surface area contributed by atoms with Gasteiger partial charge in [-0.25, -0.2) is 0 Å². The molecule has 2 amide bonds. The molecule has 0 radical (unpaired) electrons. The lowest BCUT2D eigenvalue weighted by Gasteiger charge is -2.36. The van der Waals surface area contributed by atoms with Crippen LogP contribution in [0.2, 0.25) is 0 Å². The highest BCUT2D eigenvalue weighted by Gasteiger charge is 2.35. The van der Waals surface area contributed by atoms with Gasteiger partial charge in [0.1, 0.15) is 5.75 Å². The predicted molar refractivity (Wildman–Crippen MR) is 145 cm³/mol. The summed E-state index contributed by atoms with van der Waals surface area (Å²) in [6, 6.07) is 24.2. The molecular weight excluding hydrogens is 462 g/mol.